The summed E-state index contributed by atoms with van der Waals surface area (Å²) >= 11 is 0. The maximum absolute atomic E-state index is 10.0. The van der Waals surface area contributed by atoms with Gasteiger partial charge in [0.1, 0.15) is 6.29 Å². The van der Waals surface area contributed by atoms with Crippen molar-refractivity contribution in [3.05, 3.63) is 35.9 Å². The lowest BCUT2D eigenvalue weighted by Gasteiger charge is -1.81. The molecule has 56 valence electrons. The van der Waals surface area contributed by atoms with E-state index < -0.39 is 0 Å². The van der Waals surface area contributed by atoms with Gasteiger partial charge in [0.2, 0.25) is 0 Å². The van der Waals surface area contributed by atoms with Crippen LogP contribution in [0.15, 0.2) is 30.3 Å². The number of hydrogen-bond acceptors (Lipinski definition) is 1. The van der Waals surface area contributed by atoms with Gasteiger partial charge < -0.3 is 0 Å². The molecule has 0 atom stereocenters. The van der Waals surface area contributed by atoms with Crippen LogP contribution in [0.25, 0.3) is 0 Å². The Bertz CT molecular complexity index is 172. The van der Waals surface area contributed by atoms with Gasteiger partial charge in [0.05, 0.1) is 0 Å². The van der Waals surface area contributed by atoms with Crippen molar-refractivity contribution in [2.24, 2.45) is 0 Å². The fraction of sp³-hybridized carbons (Fsp3) is 0.222. The third-order valence-electron chi connectivity index (χ3n) is 0.936. The lowest BCUT2D eigenvalue weighted by molar-refractivity contribution is 0.112. The largest absolute Gasteiger partial charge is 0.298 e. The highest BCUT2D eigenvalue weighted by Crippen LogP contribution is 1.91. The first-order valence-corrected chi connectivity index (χ1v) is 3.44. The topological polar surface area (TPSA) is 17.1 Å². The molecule has 0 amide bonds. The molecule has 0 N–H and O–H groups in total. The monoisotopic (exact) mass is 139 g/mol. The molecule has 10 heavy (non-hydrogen) atoms. The Balaban J connectivity index is 0. The Morgan fingerprint density at radius 3 is 2.00 bits per heavy atom. The molecule has 0 fully saturated rings. The van der Waals surface area contributed by atoms with Gasteiger partial charge in [0.15, 0.2) is 0 Å². The highest BCUT2D eigenvalue weighted by molar-refractivity contribution is 5.74. The summed E-state index contributed by atoms with van der Waals surface area (Å²) in [4.78, 5) is 10.0. The molecule has 1 aromatic rings. The summed E-state index contributed by atoms with van der Waals surface area (Å²) in [6.07, 6.45) is 0.833. The Hall–Kier alpha value is -1.11. The molecule has 0 aliphatic heterocycles. The van der Waals surface area contributed by atoms with Crippen molar-refractivity contribution in [3.8, 4) is 0 Å². The van der Waals surface area contributed by atoms with Gasteiger partial charge in [0.25, 0.3) is 0 Å². The van der Waals surface area contributed by atoms with E-state index in [1.165, 1.54) is 0 Å². The second-order valence-corrected chi connectivity index (χ2v) is 1.53. The molecule has 0 bridgehead atoms. The van der Waals surface area contributed by atoms with E-state index in [1.54, 1.807) is 12.1 Å². The van der Waals surface area contributed by atoms with Crippen molar-refractivity contribution in [2.45, 2.75) is 13.8 Å². The first kappa shape index (κ1) is 8.89. The van der Waals surface area contributed by atoms with Gasteiger partial charge in [-0.2, -0.15) is 0 Å². The van der Waals surface area contributed by atoms with Crippen LogP contribution in [0, 0.1) is 0 Å². The first-order chi connectivity index (χ1) is 4.93. The predicted octanol–water partition coefficient (Wildman–Crippen LogP) is 2.77. The fourth-order valence-electron chi connectivity index (χ4n) is 0.532. The van der Waals surface area contributed by atoms with E-state index in [9.17, 15) is 4.79 Å². The minimum atomic E-state index is 0. The van der Waals surface area contributed by atoms with E-state index in [2.05, 4.69) is 0 Å². The molecule has 0 spiro atoms. The molecule has 0 unspecified atom stereocenters. The molecule has 0 saturated carbocycles. The second-order valence-electron chi connectivity index (χ2n) is 1.53. The lowest BCUT2D eigenvalue weighted by Crippen LogP contribution is -1.73. The van der Waals surface area contributed by atoms with E-state index in [4.69, 9.17) is 0 Å². The standard InChI is InChI=1S/C7H6O.C2H6.H2/c8-6-7-4-2-1-3-5-7;1-2;/h1-6H;1-2H3;1H/i;;1+1. The highest BCUT2D eigenvalue weighted by atomic mass is 16.1. The van der Waals surface area contributed by atoms with Crippen molar-refractivity contribution in [3.63, 3.8) is 0 Å². The van der Waals surface area contributed by atoms with Gasteiger partial charge in [-0.05, 0) is 0 Å². The maximum atomic E-state index is 10.0. The van der Waals surface area contributed by atoms with Gasteiger partial charge in [-0.3, -0.25) is 4.79 Å². The molecule has 0 aliphatic rings. The van der Waals surface area contributed by atoms with Crippen LogP contribution in [0.3, 0.4) is 0 Å². The zero-order valence-corrected chi connectivity index (χ0v) is 6.37. The number of benzene rings is 1. The first-order valence-electron chi connectivity index (χ1n) is 3.44. The predicted molar refractivity (Wildman–Crippen MR) is 45.3 cm³/mol. The zero-order chi connectivity index (χ0) is 7.82. The van der Waals surface area contributed by atoms with Gasteiger partial charge >= 0.3 is 0 Å². The maximum Gasteiger partial charge on any atom is 0.150 e. The Morgan fingerprint density at radius 1 is 1.20 bits per heavy atom. The third kappa shape index (κ3) is 3.02. The van der Waals surface area contributed by atoms with Crippen molar-refractivity contribution in [2.75, 3.05) is 0 Å². The van der Waals surface area contributed by atoms with E-state index >= 15 is 0 Å². The molecule has 1 heteroatoms. The van der Waals surface area contributed by atoms with Crippen LogP contribution in [-0.4, -0.2) is 6.29 Å². The minimum absolute atomic E-state index is 0. The molecule has 1 nitrogen and oxygen atoms in total. The fourth-order valence-corrected chi connectivity index (χ4v) is 0.532. The summed E-state index contributed by atoms with van der Waals surface area (Å²) in [7, 11) is 0. The highest BCUT2D eigenvalue weighted by Gasteiger charge is 1.79. The number of aldehydes is 1. The number of carbonyl (C=O) groups is 1. The number of rotatable bonds is 1. The summed E-state index contributed by atoms with van der Waals surface area (Å²) in [6.45, 7) is 4.00. The van der Waals surface area contributed by atoms with Gasteiger partial charge in [-0.15, -0.1) is 0 Å². The quantitative estimate of drug-likeness (QED) is 0.547. The molecule has 0 heterocycles. The van der Waals surface area contributed by atoms with Crippen LogP contribution in [0.2, 0.25) is 0 Å². The van der Waals surface area contributed by atoms with E-state index in [0.29, 0.717) is 0 Å². The number of hydrogen-bond donors (Lipinski definition) is 0. The van der Waals surface area contributed by atoms with Gasteiger partial charge in [0, 0.05) is 6.99 Å². The molecule has 0 saturated heterocycles. The second kappa shape index (κ2) is 6.02. The Morgan fingerprint density at radius 2 is 1.70 bits per heavy atom. The average Bonchev–Trinajstić information content (AvgIpc) is 2.10. The molecule has 0 aliphatic carbocycles. The number of carbonyl (C=O) groups excluding carboxylic acids is 1. The van der Waals surface area contributed by atoms with E-state index in [-0.39, 0.29) is 1.43 Å². The minimum Gasteiger partial charge on any atom is -0.298 e. The smallest absolute Gasteiger partial charge is 0.150 e. The summed E-state index contributed by atoms with van der Waals surface area (Å²) in [5.74, 6) is 0. The van der Waals surface area contributed by atoms with E-state index in [0.717, 1.165) is 11.8 Å². The summed E-state index contributed by atoms with van der Waals surface area (Å²) in [5, 5.41) is 0. The molecular formula is C9H14O. The third-order valence-corrected chi connectivity index (χ3v) is 0.936. The van der Waals surface area contributed by atoms with Crippen molar-refractivity contribution >= 4 is 6.29 Å². The summed E-state index contributed by atoms with van der Waals surface area (Å²) in [5.41, 5.74) is 0.729. The van der Waals surface area contributed by atoms with Gasteiger partial charge in [-0.25, -0.2) is 0 Å². The molecule has 1 aromatic carbocycles. The van der Waals surface area contributed by atoms with Crippen molar-refractivity contribution in [1.82, 2.24) is 0 Å². The summed E-state index contributed by atoms with van der Waals surface area (Å²) in [6, 6.07) is 9.10. The van der Waals surface area contributed by atoms with Gasteiger partial charge in [-0.1, -0.05) is 44.2 Å². The van der Waals surface area contributed by atoms with Crippen LogP contribution in [-0.2, 0) is 0 Å². The summed E-state index contributed by atoms with van der Waals surface area (Å²) < 4.78 is 0. The lowest BCUT2D eigenvalue weighted by atomic mass is 10.2. The SMILES string of the molecule is CC.O=Cc1ccccc1.[2HH]. The van der Waals surface area contributed by atoms with E-state index in [1.807, 2.05) is 32.0 Å². The van der Waals surface area contributed by atoms with Crippen molar-refractivity contribution in [1.29, 1.82) is 0 Å². The average molecular weight is 139 g/mol. The normalized spacial score (nSPS) is 7.40. The Labute approximate surface area is 63.2 Å². The van der Waals surface area contributed by atoms with Crippen LogP contribution >= 0.6 is 0 Å². The molecule has 0 radical (unpaired) electrons. The van der Waals surface area contributed by atoms with Crippen LogP contribution in [0.4, 0.5) is 0 Å². The van der Waals surface area contributed by atoms with Crippen LogP contribution < -0.4 is 0 Å². The van der Waals surface area contributed by atoms with Crippen LogP contribution in [0.1, 0.15) is 25.6 Å². The van der Waals surface area contributed by atoms with Crippen LogP contribution in [0.5, 0.6) is 0 Å². The molecule has 0 aromatic heterocycles. The Kier molecular flexibility index (Phi) is 5.35. The molecular weight excluding hydrogens is 124 g/mol. The van der Waals surface area contributed by atoms with Crippen molar-refractivity contribution < 1.29 is 6.22 Å². The molecule has 1 rings (SSSR count). The zero-order valence-electron chi connectivity index (χ0n) is 6.37.